The SMILES string of the molecule is O=C(C[C@H]1NC(=O)N(Cc2ccccc2Cl)C1=O)N1CCOCC1. The molecule has 3 rings (SSSR count). The number of hydrogen-bond acceptors (Lipinski definition) is 4. The lowest BCUT2D eigenvalue weighted by molar-refractivity contribution is -0.138. The summed E-state index contributed by atoms with van der Waals surface area (Å²) >= 11 is 6.08. The number of halogens is 1. The lowest BCUT2D eigenvalue weighted by atomic mass is 10.1. The van der Waals surface area contributed by atoms with Crippen molar-refractivity contribution in [2.45, 2.75) is 19.0 Å². The van der Waals surface area contributed by atoms with Crippen molar-refractivity contribution in [3.8, 4) is 0 Å². The quantitative estimate of drug-likeness (QED) is 0.821. The molecule has 0 spiro atoms. The first kappa shape index (κ1) is 16.7. The second-order valence-electron chi connectivity index (χ2n) is 5.72. The van der Waals surface area contributed by atoms with Gasteiger partial charge in [0, 0.05) is 18.1 Å². The topological polar surface area (TPSA) is 79.0 Å². The van der Waals surface area contributed by atoms with Gasteiger partial charge in [-0.2, -0.15) is 0 Å². The zero-order chi connectivity index (χ0) is 17.1. The van der Waals surface area contributed by atoms with Crippen LogP contribution >= 0.6 is 11.6 Å². The molecule has 2 fully saturated rings. The second-order valence-corrected chi connectivity index (χ2v) is 6.12. The average molecular weight is 352 g/mol. The molecule has 8 heteroatoms. The van der Waals surface area contributed by atoms with E-state index in [4.69, 9.17) is 16.3 Å². The van der Waals surface area contributed by atoms with E-state index in [1.165, 1.54) is 0 Å². The summed E-state index contributed by atoms with van der Waals surface area (Å²) in [6.07, 6.45) is -0.0381. The van der Waals surface area contributed by atoms with Crippen LogP contribution in [0.15, 0.2) is 24.3 Å². The molecule has 0 aromatic heterocycles. The Morgan fingerprint density at radius 3 is 2.67 bits per heavy atom. The summed E-state index contributed by atoms with van der Waals surface area (Å²) in [6.45, 7) is 2.10. The molecule has 0 bridgehead atoms. The van der Waals surface area contributed by atoms with E-state index >= 15 is 0 Å². The van der Waals surface area contributed by atoms with Gasteiger partial charge in [-0.05, 0) is 11.6 Å². The van der Waals surface area contributed by atoms with Crippen LogP contribution in [0.1, 0.15) is 12.0 Å². The maximum Gasteiger partial charge on any atom is 0.325 e. The number of rotatable bonds is 4. The van der Waals surface area contributed by atoms with Gasteiger partial charge >= 0.3 is 6.03 Å². The van der Waals surface area contributed by atoms with E-state index in [9.17, 15) is 14.4 Å². The maximum atomic E-state index is 12.5. The van der Waals surface area contributed by atoms with Gasteiger partial charge in [0.05, 0.1) is 26.2 Å². The molecule has 7 nitrogen and oxygen atoms in total. The molecule has 2 aliphatic heterocycles. The summed E-state index contributed by atoms with van der Waals surface area (Å²) in [5.74, 6) is -0.557. The zero-order valence-corrected chi connectivity index (χ0v) is 13.8. The third-order valence-corrected chi connectivity index (χ3v) is 4.50. The molecule has 1 aromatic carbocycles. The van der Waals surface area contributed by atoms with Crippen LogP contribution < -0.4 is 5.32 Å². The molecule has 0 unspecified atom stereocenters. The Balaban J connectivity index is 1.63. The monoisotopic (exact) mass is 351 g/mol. The summed E-state index contributed by atoms with van der Waals surface area (Å²) in [6, 6.07) is 5.71. The zero-order valence-electron chi connectivity index (χ0n) is 13.0. The minimum atomic E-state index is -0.824. The molecule has 24 heavy (non-hydrogen) atoms. The summed E-state index contributed by atoms with van der Waals surface area (Å²) in [5.41, 5.74) is 0.683. The van der Waals surface area contributed by atoms with Crippen LogP contribution in [0.3, 0.4) is 0 Å². The van der Waals surface area contributed by atoms with Crippen LogP contribution in [0.2, 0.25) is 5.02 Å². The van der Waals surface area contributed by atoms with Gasteiger partial charge in [-0.1, -0.05) is 29.8 Å². The minimum absolute atomic E-state index is 0.0381. The number of urea groups is 1. The minimum Gasteiger partial charge on any atom is -0.378 e. The van der Waals surface area contributed by atoms with Crippen molar-refractivity contribution in [3.05, 3.63) is 34.9 Å². The summed E-state index contributed by atoms with van der Waals surface area (Å²) in [5, 5.41) is 3.07. The van der Waals surface area contributed by atoms with Crippen molar-refractivity contribution in [1.29, 1.82) is 0 Å². The van der Waals surface area contributed by atoms with E-state index in [2.05, 4.69) is 5.32 Å². The molecule has 2 heterocycles. The number of imide groups is 1. The van der Waals surface area contributed by atoms with E-state index in [0.29, 0.717) is 36.9 Å². The highest BCUT2D eigenvalue weighted by atomic mass is 35.5. The van der Waals surface area contributed by atoms with Crippen molar-refractivity contribution >= 4 is 29.4 Å². The van der Waals surface area contributed by atoms with Crippen LogP contribution in [-0.4, -0.2) is 60.0 Å². The lowest BCUT2D eigenvalue weighted by Gasteiger charge is -2.27. The second kappa shape index (κ2) is 7.19. The number of carbonyl (C=O) groups is 3. The Hall–Kier alpha value is -2.12. The highest BCUT2D eigenvalue weighted by molar-refractivity contribution is 6.31. The number of benzene rings is 1. The number of morpholine rings is 1. The molecule has 128 valence electrons. The first-order valence-corrected chi connectivity index (χ1v) is 8.15. The third-order valence-electron chi connectivity index (χ3n) is 4.14. The van der Waals surface area contributed by atoms with Crippen LogP contribution in [0.5, 0.6) is 0 Å². The van der Waals surface area contributed by atoms with Gasteiger partial charge in [-0.25, -0.2) is 4.79 Å². The van der Waals surface area contributed by atoms with Crippen molar-refractivity contribution in [2.24, 2.45) is 0 Å². The highest BCUT2D eigenvalue weighted by Gasteiger charge is 2.39. The van der Waals surface area contributed by atoms with E-state index < -0.39 is 18.0 Å². The van der Waals surface area contributed by atoms with Crippen LogP contribution in [0.25, 0.3) is 0 Å². The molecule has 0 radical (unpaired) electrons. The number of hydrogen-bond donors (Lipinski definition) is 1. The van der Waals surface area contributed by atoms with Gasteiger partial charge in [-0.15, -0.1) is 0 Å². The van der Waals surface area contributed by atoms with Gasteiger partial charge in [0.25, 0.3) is 5.91 Å². The van der Waals surface area contributed by atoms with Gasteiger partial charge in [-0.3, -0.25) is 14.5 Å². The molecule has 1 atom stereocenters. The van der Waals surface area contributed by atoms with E-state index in [1.54, 1.807) is 29.2 Å². The molecule has 1 N–H and O–H groups in total. The number of ether oxygens (including phenoxy) is 1. The van der Waals surface area contributed by atoms with E-state index in [0.717, 1.165) is 4.90 Å². The molecular weight excluding hydrogens is 334 g/mol. The lowest BCUT2D eigenvalue weighted by Crippen LogP contribution is -2.44. The summed E-state index contributed by atoms with van der Waals surface area (Å²) in [7, 11) is 0. The van der Waals surface area contributed by atoms with E-state index in [-0.39, 0.29) is 18.9 Å². The Morgan fingerprint density at radius 1 is 1.25 bits per heavy atom. The maximum absolute atomic E-state index is 12.5. The molecular formula is C16H18ClN3O4. The fourth-order valence-corrected chi connectivity index (χ4v) is 2.97. The summed E-state index contributed by atoms with van der Waals surface area (Å²) in [4.78, 5) is 39.5. The molecule has 1 aromatic rings. The standard InChI is InChI=1S/C16H18ClN3O4/c17-12-4-2-1-3-11(12)10-20-15(22)13(18-16(20)23)9-14(21)19-5-7-24-8-6-19/h1-4,13H,5-10H2,(H,18,23)/t13-/m1/s1. The predicted octanol–water partition coefficient (Wildman–Crippen LogP) is 1.01. The molecule has 0 saturated carbocycles. The normalized spacial score (nSPS) is 21.1. The van der Waals surface area contributed by atoms with Crippen LogP contribution in [-0.2, 0) is 20.9 Å². The summed E-state index contributed by atoms with van der Waals surface area (Å²) < 4.78 is 5.20. The van der Waals surface area contributed by atoms with Crippen molar-refractivity contribution in [1.82, 2.24) is 15.1 Å². The first-order chi connectivity index (χ1) is 11.6. The smallest absolute Gasteiger partial charge is 0.325 e. The average Bonchev–Trinajstić information content (AvgIpc) is 2.85. The van der Waals surface area contributed by atoms with E-state index in [1.807, 2.05) is 0 Å². The van der Waals surface area contributed by atoms with Gasteiger partial charge in [0.2, 0.25) is 5.91 Å². The Bertz CT molecular complexity index is 660. The van der Waals surface area contributed by atoms with Gasteiger partial charge < -0.3 is 15.0 Å². The Kier molecular flexibility index (Phi) is 5.01. The van der Waals surface area contributed by atoms with Gasteiger partial charge in [0.1, 0.15) is 6.04 Å². The first-order valence-electron chi connectivity index (χ1n) is 7.77. The Labute approximate surface area is 144 Å². The van der Waals surface area contributed by atoms with Gasteiger partial charge in [0.15, 0.2) is 0 Å². The van der Waals surface area contributed by atoms with Crippen molar-refractivity contribution in [3.63, 3.8) is 0 Å². The van der Waals surface area contributed by atoms with Crippen molar-refractivity contribution < 1.29 is 19.1 Å². The fourth-order valence-electron chi connectivity index (χ4n) is 2.78. The van der Waals surface area contributed by atoms with Crippen molar-refractivity contribution in [2.75, 3.05) is 26.3 Å². The van der Waals surface area contributed by atoms with Crippen LogP contribution in [0, 0.1) is 0 Å². The number of nitrogens with one attached hydrogen (secondary N) is 1. The predicted molar refractivity (Wildman–Crippen MR) is 86.3 cm³/mol. The van der Waals surface area contributed by atoms with Crippen LogP contribution in [0.4, 0.5) is 4.79 Å². The highest BCUT2D eigenvalue weighted by Crippen LogP contribution is 2.20. The third kappa shape index (κ3) is 3.52. The largest absolute Gasteiger partial charge is 0.378 e. The molecule has 2 saturated heterocycles. The molecule has 4 amide bonds. The fraction of sp³-hybridized carbons (Fsp3) is 0.438. The number of nitrogens with zero attached hydrogens (tertiary/aromatic N) is 2. The number of carbonyl (C=O) groups excluding carboxylic acids is 3. The number of amides is 4. The Morgan fingerprint density at radius 2 is 1.96 bits per heavy atom. The molecule has 2 aliphatic rings. The molecule has 0 aliphatic carbocycles.